The maximum absolute atomic E-state index is 10.8. The van der Waals surface area contributed by atoms with Gasteiger partial charge < -0.3 is 5.11 Å². The largest absolute Gasteiger partial charge is 0.387 e. The van der Waals surface area contributed by atoms with Crippen molar-refractivity contribution < 1.29 is 5.11 Å². The van der Waals surface area contributed by atoms with Gasteiger partial charge in [0.05, 0.1) is 6.10 Å². The van der Waals surface area contributed by atoms with E-state index in [9.17, 15) is 5.11 Å². The Morgan fingerprint density at radius 1 is 1.22 bits per heavy atom. The van der Waals surface area contributed by atoms with Gasteiger partial charge in [-0.05, 0) is 42.1 Å². The minimum atomic E-state index is -0.446. The molecule has 0 aliphatic carbocycles. The topological polar surface area (TPSA) is 36.4 Å². The summed E-state index contributed by atoms with van der Waals surface area (Å²) in [6.45, 7) is 5.72. The van der Waals surface area contributed by atoms with Crippen molar-refractivity contribution in [1.29, 1.82) is 0 Å². The van der Waals surface area contributed by atoms with Gasteiger partial charge in [-0.15, -0.1) is 6.58 Å². The lowest BCUT2D eigenvalue weighted by Gasteiger charge is -2.38. The van der Waals surface area contributed by atoms with Crippen molar-refractivity contribution in [2.75, 3.05) is 13.1 Å². The number of likely N-dealkylation sites (tertiary alicyclic amines) is 1. The molecular weight excluding hydrogens is 284 g/mol. The lowest BCUT2D eigenvalue weighted by Crippen LogP contribution is -2.43. The van der Waals surface area contributed by atoms with Crippen molar-refractivity contribution in [3.05, 3.63) is 67.0 Å². The number of benzene rings is 1. The molecule has 0 bridgehead atoms. The van der Waals surface area contributed by atoms with Crippen LogP contribution in [-0.4, -0.2) is 34.1 Å². The van der Waals surface area contributed by atoms with Crippen molar-refractivity contribution >= 4 is 0 Å². The number of aliphatic hydroxyl groups excluding tert-OH is 1. The predicted octanol–water partition coefficient (Wildman–Crippen LogP) is 3.82. The molecular formula is C20H24N2O. The van der Waals surface area contributed by atoms with Crippen LogP contribution < -0.4 is 0 Å². The van der Waals surface area contributed by atoms with Crippen LogP contribution in [0.2, 0.25) is 0 Å². The van der Waals surface area contributed by atoms with E-state index in [0.717, 1.165) is 36.2 Å². The van der Waals surface area contributed by atoms with Gasteiger partial charge >= 0.3 is 0 Å². The van der Waals surface area contributed by atoms with Crippen LogP contribution in [0.4, 0.5) is 0 Å². The van der Waals surface area contributed by atoms with Gasteiger partial charge in [-0.3, -0.25) is 9.88 Å². The van der Waals surface area contributed by atoms with E-state index >= 15 is 0 Å². The molecule has 3 heteroatoms. The smallest absolute Gasteiger partial charge is 0.0945 e. The molecule has 0 spiro atoms. The Bertz CT molecular complexity index is 624. The van der Waals surface area contributed by atoms with Gasteiger partial charge in [-0.1, -0.05) is 42.8 Å². The maximum atomic E-state index is 10.8. The fourth-order valence-electron chi connectivity index (χ4n) is 3.40. The summed E-state index contributed by atoms with van der Waals surface area (Å²) in [6, 6.07) is 12.4. The van der Waals surface area contributed by atoms with Crippen LogP contribution in [0.1, 0.15) is 30.9 Å². The quantitative estimate of drug-likeness (QED) is 0.853. The highest BCUT2D eigenvalue weighted by molar-refractivity contribution is 5.62. The van der Waals surface area contributed by atoms with Crippen molar-refractivity contribution in [2.24, 2.45) is 0 Å². The number of nitrogens with zero attached hydrogens (tertiary/aromatic N) is 2. The van der Waals surface area contributed by atoms with Crippen LogP contribution in [0.25, 0.3) is 11.1 Å². The molecule has 1 unspecified atom stereocenters. The van der Waals surface area contributed by atoms with Crippen molar-refractivity contribution in [2.45, 2.75) is 31.4 Å². The van der Waals surface area contributed by atoms with Gasteiger partial charge in [0.2, 0.25) is 0 Å². The molecule has 2 aromatic rings. The van der Waals surface area contributed by atoms with Gasteiger partial charge in [0, 0.05) is 25.0 Å². The Kier molecular flexibility index (Phi) is 5.21. The van der Waals surface area contributed by atoms with E-state index in [2.05, 4.69) is 28.6 Å². The van der Waals surface area contributed by atoms with Gasteiger partial charge in [0.15, 0.2) is 0 Å². The first-order chi connectivity index (χ1) is 11.3. The molecule has 1 N–H and O–H groups in total. The highest BCUT2D eigenvalue weighted by atomic mass is 16.3. The molecule has 3 nitrogen and oxygen atoms in total. The highest BCUT2D eigenvalue weighted by Gasteiger charge is 2.28. The third-order valence-electron chi connectivity index (χ3n) is 4.64. The molecule has 1 aromatic carbocycles. The second kappa shape index (κ2) is 7.53. The van der Waals surface area contributed by atoms with E-state index < -0.39 is 6.10 Å². The fourth-order valence-corrected chi connectivity index (χ4v) is 3.40. The Balaban J connectivity index is 1.76. The Labute approximate surface area is 138 Å². The average Bonchev–Trinajstić information content (AvgIpc) is 2.63. The maximum Gasteiger partial charge on any atom is 0.0945 e. The molecule has 0 saturated carbocycles. The van der Waals surface area contributed by atoms with Gasteiger partial charge in [-0.25, -0.2) is 0 Å². The summed E-state index contributed by atoms with van der Waals surface area (Å²) in [5.74, 6) is 0. The van der Waals surface area contributed by atoms with E-state index in [-0.39, 0.29) is 6.04 Å². The molecule has 0 radical (unpaired) electrons. The predicted molar refractivity (Wildman–Crippen MR) is 94.0 cm³/mol. The summed E-state index contributed by atoms with van der Waals surface area (Å²) < 4.78 is 0. The number of aromatic nitrogens is 1. The lowest BCUT2D eigenvalue weighted by molar-refractivity contribution is 0.0317. The van der Waals surface area contributed by atoms with Crippen LogP contribution in [-0.2, 0) is 0 Å². The number of hydrogen-bond acceptors (Lipinski definition) is 3. The SMILES string of the molecule is C=CCN1CCCC[C@H]1C(O)c1ccc(-c2cccnc2)cc1. The molecule has 1 aliphatic rings. The Morgan fingerprint density at radius 2 is 2.04 bits per heavy atom. The zero-order chi connectivity index (χ0) is 16.1. The molecule has 0 amide bonds. The normalized spacial score (nSPS) is 20.1. The van der Waals surface area contributed by atoms with Gasteiger partial charge in [-0.2, -0.15) is 0 Å². The average molecular weight is 308 g/mol. The van der Waals surface area contributed by atoms with E-state index in [1.165, 1.54) is 12.8 Å². The summed E-state index contributed by atoms with van der Waals surface area (Å²) >= 11 is 0. The van der Waals surface area contributed by atoms with Gasteiger partial charge in [0.1, 0.15) is 0 Å². The standard InChI is InChI=1S/C20H24N2O/c1-2-13-22-14-4-3-7-19(22)20(23)17-10-8-16(9-11-17)18-6-5-12-21-15-18/h2,5-6,8-12,15,19-20,23H,1,3-4,7,13-14H2/t19-,20?/m0/s1. The summed E-state index contributed by atoms with van der Waals surface area (Å²) in [7, 11) is 0. The first-order valence-electron chi connectivity index (χ1n) is 8.33. The van der Waals surface area contributed by atoms with Crippen LogP contribution >= 0.6 is 0 Å². The van der Waals surface area contributed by atoms with E-state index in [4.69, 9.17) is 0 Å². The fraction of sp³-hybridized carbons (Fsp3) is 0.350. The van der Waals surface area contributed by atoms with Crippen LogP contribution in [0.3, 0.4) is 0 Å². The number of aliphatic hydroxyl groups is 1. The van der Waals surface area contributed by atoms with Crippen LogP contribution in [0, 0.1) is 0 Å². The zero-order valence-electron chi connectivity index (χ0n) is 13.4. The Morgan fingerprint density at radius 3 is 2.74 bits per heavy atom. The summed E-state index contributed by atoms with van der Waals surface area (Å²) in [6.07, 6.45) is 8.55. The molecule has 3 rings (SSSR count). The van der Waals surface area contributed by atoms with Crippen molar-refractivity contribution in [3.63, 3.8) is 0 Å². The number of pyridine rings is 1. The van der Waals surface area contributed by atoms with E-state index in [1.54, 1.807) is 6.20 Å². The third-order valence-corrected chi connectivity index (χ3v) is 4.64. The molecule has 1 fully saturated rings. The lowest BCUT2D eigenvalue weighted by atomic mass is 9.92. The van der Waals surface area contributed by atoms with Crippen LogP contribution in [0.5, 0.6) is 0 Å². The number of rotatable bonds is 5. The molecule has 23 heavy (non-hydrogen) atoms. The Hall–Kier alpha value is -1.97. The molecule has 1 saturated heterocycles. The zero-order valence-corrected chi connectivity index (χ0v) is 13.4. The molecule has 2 heterocycles. The van der Waals surface area contributed by atoms with Crippen molar-refractivity contribution in [3.8, 4) is 11.1 Å². The molecule has 1 aromatic heterocycles. The van der Waals surface area contributed by atoms with E-state index in [0.29, 0.717) is 0 Å². The second-order valence-corrected chi connectivity index (χ2v) is 6.16. The second-order valence-electron chi connectivity index (χ2n) is 6.16. The summed E-state index contributed by atoms with van der Waals surface area (Å²) in [4.78, 5) is 6.50. The minimum absolute atomic E-state index is 0.186. The van der Waals surface area contributed by atoms with Crippen LogP contribution in [0.15, 0.2) is 61.4 Å². The number of hydrogen-bond donors (Lipinski definition) is 1. The first-order valence-corrected chi connectivity index (χ1v) is 8.33. The van der Waals surface area contributed by atoms with E-state index in [1.807, 2.05) is 36.5 Å². The third kappa shape index (κ3) is 3.69. The molecule has 120 valence electrons. The monoisotopic (exact) mass is 308 g/mol. The van der Waals surface area contributed by atoms with Gasteiger partial charge in [0.25, 0.3) is 0 Å². The minimum Gasteiger partial charge on any atom is -0.387 e. The summed E-state index contributed by atoms with van der Waals surface area (Å²) in [5, 5.41) is 10.8. The molecule has 2 atom stereocenters. The molecule has 1 aliphatic heterocycles. The summed E-state index contributed by atoms with van der Waals surface area (Å²) in [5.41, 5.74) is 3.21. The number of piperidine rings is 1. The first kappa shape index (κ1) is 15.9. The van der Waals surface area contributed by atoms with Crippen molar-refractivity contribution in [1.82, 2.24) is 9.88 Å². The highest BCUT2D eigenvalue weighted by Crippen LogP contribution is 2.30.